The number of hydrogen-bond acceptors (Lipinski definition) is 4. The van der Waals surface area contributed by atoms with Gasteiger partial charge < -0.3 is 10.1 Å². The number of nitrogens with zero attached hydrogens (tertiary/aromatic N) is 1. The topological polar surface area (TPSA) is 62.1 Å². The monoisotopic (exact) mass is 342 g/mol. The predicted octanol–water partition coefficient (Wildman–Crippen LogP) is 4.71. The fraction of sp³-hybridized carbons (Fsp3) is 0.0588. The number of amides is 1. The number of thiophene rings is 1. The van der Waals surface area contributed by atoms with Crippen LogP contribution in [0.2, 0.25) is 5.02 Å². The van der Waals surface area contributed by atoms with Gasteiger partial charge in [-0.1, -0.05) is 29.8 Å². The summed E-state index contributed by atoms with van der Waals surface area (Å²) >= 11 is 7.66. The fourth-order valence-corrected chi connectivity index (χ4v) is 3.51. The minimum atomic E-state index is -0.248. The van der Waals surface area contributed by atoms with E-state index in [-0.39, 0.29) is 12.5 Å². The molecule has 1 heterocycles. The molecule has 1 aromatic heterocycles. The molecule has 3 aromatic rings. The van der Waals surface area contributed by atoms with E-state index in [1.54, 1.807) is 24.3 Å². The summed E-state index contributed by atoms with van der Waals surface area (Å²) in [4.78, 5) is 12.9. The Morgan fingerprint density at radius 1 is 1.22 bits per heavy atom. The average molecular weight is 343 g/mol. The Hall–Kier alpha value is -2.55. The van der Waals surface area contributed by atoms with Crippen LogP contribution in [0.3, 0.4) is 0 Å². The van der Waals surface area contributed by atoms with Crippen molar-refractivity contribution < 1.29 is 9.53 Å². The molecule has 0 saturated carbocycles. The number of nitriles is 1. The van der Waals surface area contributed by atoms with E-state index < -0.39 is 0 Å². The van der Waals surface area contributed by atoms with Gasteiger partial charge in [0.15, 0.2) is 6.61 Å². The number of benzene rings is 2. The zero-order chi connectivity index (χ0) is 16.2. The normalized spacial score (nSPS) is 10.3. The molecule has 0 spiro atoms. The predicted molar refractivity (Wildman–Crippen MR) is 92.3 cm³/mol. The van der Waals surface area contributed by atoms with Crippen LogP contribution in [0.25, 0.3) is 10.1 Å². The number of anilines is 1. The Morgan fingerprint density at radius 3 is 2.65 bits per heavy atom. The first-order chi connectivity index (χ1) is 11.2. The summed E-state index contributed by atoms with van der Waals surface area (Å²) in [7, 11) is 0. The molecule has 1 amide bonds. The Morgan fingerprint density at radius 2 is 1.96 bits per heavy atom. The largest absolute Gasteiger partial charge is 0.479 e. The van der Waals surface area contributed by atoms with Crippen LogP contribution in [0, 0.1) is 11.3 Å². The number of carbonyl (C=O) groups is 1. The maximum absolute atomic E-state index is 12.4. The number of ether oxygens (including phenoxy) is 1. The van der Waals surface area contributed by atoms with Crippen LogP contribution in [-0.4, -0.2) is 12.5 Å². The van der Waals surface area contributed by atoms with Crippen molar-refractivity contribution in [2.45, 2.75) is 0 Å². The first-order valence-electron chi connectivity index (χ1n) is 6.77. The second-order valence-corrected chi connectivity index (χ2v) is 6.10. The molecule has 4 nitrogen and oxygen atoms in total. The van der Waals surface area contributed by atoms with Gasteiger partial charge >= 0.3 is 0 Å². The highest BCUT2D eigenvalue weighted by Crippen LogP contribution is 2.35. The Balaban J connectivity index is 1.78. The van der Waals surface area contributed by atoms with Crippen molar-refractivity contribution in [1.82, 2.24) is 0 Å². The minimum absolute atomic E-state index is 0.0108. The van der Waals surface area contributed by atoms with Crippen LogP contribution in [0.5, 0.6) is 5.75 Å². The van der Waals surface area contributed by atoms with Gasteiger partial charge in [-0.05, 0) is 30.3 Å². The third-order valence-electron chi connectivity index (χ3n) is 3.16. The highest BCUT2D eigenvalue weighted by Gasteiger charge is 2.16. The van der Waals surface area contributed by atoms with Gasteiger partial charge in [0.05, 0.1) is 5.02 Å². The van der Waals surface area contributed by atoms with Crippen LogP contribution in [0.15, 0.2) is 48.5 Å². The van der Waals surface area contributed by atoms with Crippen molar-refractivity contribution >= 4 is 44.6 Å². The molecule has 0 fully saturated rings. The third-order valence-corrected chi connectivity index (χ3v) is 4.83. The molecule has 0 saturated heterocycles. The summed E-state index contributed by atoms with van der Waals surface area (Å²) in [5.41, 5.74) is 0.632. The number of nitrogens with one attached hydrogen (secondary N) is 1. The van der Waals surface area contributed by atoms with Crippen molar-refractivity contribution in [2.75, 3.05) is 11.9 Å². The van der Waals surface area contributed by atoms with Crippen molar-refractivity contribution in [1.29, 1.82) is 5.26 Å². The van der Waals surface area contributed by atoms with Crippen LogP contribution in [0.4, 0.5) is 5.69 Å². The summed E-state index contributed by atoms with van der Waals surface area (Å²) in [6.07, 6.45) is 0. The minimum Gasteiger partial charge on any atom is -0.479 e. The zero-order valence-electron chi connectivity index (χ0n) is 11.9. The van der Waals surface area contributed by atoms with Crippen molar-refractivity contribution in [3.05, 3.63) is 58.4 Å². The zero-order valence-corrected chi connectivity index (χ0v) is 13.4. The van der Waals surface area contributed by atoms with E-state index in [1.807, 2.05) is 30.3 Å². The molecular weight excluding hydrogens is 332 g/mol. The standard InChI is InChI=1S/C17H11ClN2O2S/c18-15-13-3-1-2-4-14(13)23-16(15)17(21)20-11-5-7-12(8-6-11)22-10-9-19/h1-8H,10H2,(H,20,21). The van der Waals surface area contributed by atoms with Crippen LogP contribution >= 0.6 is 22.9 Å². The molecule has 2 aromatic carbocycles. The van der Waals surface area contributed by atoms with Crippen LogP contribution in [-0.2, 0) is 0 Å². The van der Waals surface area contributed by atoms with Gasteiger partial charge in [0, 0.05) is 15.8 Å². The molecule has 0 bridgehead atoms. The quantitative estimate of drug-likeness (QED) is 0.746. The van der Waals surface area contributed by atoms with E-state index in [0.29, 0.717) is 21.3 Å². The van der Waals surface area contributed by atoms with Crippen molar-refractivity contribution in [3.8, 4) is 11.8 Å². The van der Waals surface area contributed by atoms with E-state index in [4.69, 9.17) is 21.6 Å². The molecule has 3 rings (SSSR count). The number of carbonyl (C=O) groups excluding carboxylic acids is 1. The molecule has 0 aliphatic carbocycles. The summed E-state index contributed by atoms with van der Waals surface area (Å²) < 4.78 is 6.14. The lowest BCUT2D eigenvalue weighted by Crippen LogP contribution is -2.10. The molecule has 114 valence electrons. The highest BCUT2D eigenvalue weighted by molar-refractivity contribution is 7.21. The molecule has 0 unspecified atom stereocenters. The molecular formula is C17H11ClN2O2S. The number of rotatable bonds is 4. The van der Waals surface area contributed by atoms with Gasteiger partial charge in [0.2, 0.25) is 0 Å². The van der Waals surface area contributed by atoms with Crippen molar-refractivity contribution in [3.63, 3.8) is 0 Å². The van der Waals surface area contributed by atoms with E-state index in [1.165, 1.54) is 11.3 Å². The summed E-state index contributed by atoms with van der Waals surface area (Å²) in [5, 5.41) is 12.6. The molecule has 0 aliphatic rings. The first kappa shape index (κ1) is 15.3. The van der Waals surface area contributed by atoms with E-state index in [2.05, 4.69) is 5.32 Å². The van der Waals surface area contributed by atoms with Gasteiger partial charge in [-0.3, -0.25) is 4.79 Å². The Labute approximate surface area is 141 Å². The lowest BCUT2D eigenvalue weighted by atomic mass is 10.2. The van der Waals surface area contributed by atoms with E-state index in [0.717, 1.165) is 10.1 Å². The fourth-order valence-electron chi connectivity index (χ4n) is 2.10. The molecule has 0 radical (unpaired) electrons. The summed E-state index contributed by atoms with van der Waals surface area (Å²) in [5.74, 6) is 0.325. The van der Waals surface area contributed by atoms with Gasteiger partial charge in [0.1, 0.15) is 16.7 Å². The lowest BCUT2D eigenvalue weighted by Gasteiger charge is -2.06. The molecule has 23 heavy (non-hydrogen) atoms. The Kier molecular flexibility index (Phi) is 4.47. The maximum Gasteiger partial charge on any atom is 0.267 e. The van der Waals surface area contributed by atoms with Crippen LogP contribution in [0.1, 0.15) is 9.67 Å². The molecule has 0 aliphatic heterocycles. The lowest BCUT2D eigenvalue weighted by molar-refractivity contribution is 0.103. The second kappa shape index (κ2) is 6.69. The van der Waals surface area contributed by atoms with Gasteiger partial charge in [-0.15, -0.1) is 11.3 Å². The maximum atomic E-state index is 12.4. The Bertz CT molecular complexity index is 897. The summed E-state index contributed by atoms with van der Waals surface area (Å²) in [6, 6.07) is 16.3. The number of fused-ring (bicyclic) bond motifs is 1. The second-order valence-electron chi connectivity index (χ2n) is 4.67. The van der Waals surface area contributed by atoms with Gasteiger partial charge in [-0.25, -0.2) is 0 Å². The van der Waals surface area contributed by atoms with Crippen LogP contribution < -0.4 is 10.1 Å². The molecule has 0 atom stereocenters. The SMILES string of the molecule is N#CCOc1ccc(NC(=O)c2sc3ccccc3c2Cl)cc1. The molecule has 1 N–H and O–H groups in total. The van der Waals surface area contributed by atoms with E-state index >= 15 is 0 Å². The summed E-state index contributed by atoms with van der Waals surface area (Å²) in [6.45, 7) is -0.0108. The van der Waals surface area contributed by atoms with E-state index in [9.17, 15) is 4.79 Å². The van der Waals surface area contributed by atoms with Gasteiger partial charge in [-0.2, -0.15) is 5.26 Å². The third kappa shape index (κ3) is 3.29. The number of halogens is 1. The average Bonchev–Trinajstić information content (AvgIpc) is 2.92. The smallest absolute Gasteiger partial charge is 0.267 e. The van der Waals surface area contributed by atoms with Gasteiger partial charge in [0.25, 0.3) is 5.91 Å². The highest BCUT2D eigenvalue weighted by atomic mass is 35.5. The first-order valence-corrected chi connectivity index (χ1v) is 7.96. The number of hydrogen-bond donors (Lipinski definition) is 1. The molecule has 6 heteroatoms. The van der Waals surface area contributed by atoms with Crippen molar-refractivity contribution in [2.24, 2.45) is 0 Å².